The van der Waals surface area contributed by atoms with E-state index in [2.05, 4.69) is 20.9 Å². The van der Waals surface area contributed by atoms with Gasteiger partial charge in [-0.15, -0.1) is 11.3 Å². The van der Waals surface area contributed by atoms with Crippen LogP contribution in [0, 0.1) is 6.92 Å². The molecule has 8 nitrogen and oxygen atoms in total. The minimum absolute atomic E-state index is 0.0624. The number of fused-ring (bicyclic) bond motifs is 1. The van der Waals surface area contributed by atoms with Gasteiger partial charge < -0.3 is 0 Å². The highest BCUT2D eigenvalue weighted by Crippen LogP contribution is 2.29. The monoisotopic (exact) mass is 439 g/mol. The van der Waals surface area contributed by atoms with Crippen molar-refractivity contribution in [3.05, 3.63) is 67.7 Å². The first-order valence-corrected chi connectivity index (χ1v) is 10.9. The molecule has 0 fully saturated rings. The molecule has 0 aliphatic rings. The fraction of sp³-hybridized carbons (Fsp3) is 0.150. The number of benzene rings is 1. The van der Waals surface area contributed by atoms with E-state index in [-0.39, 0.29) is 11.3 Å². The second-order valence-corrected chi connectivity index (χ2v) is 8.15. The number of carbonyl (C=O) groups excluding carboxylic acids is 2. The molecule has 30 heavy (non-hydrogen) atoms. The van der Waals surface area contributed by atoms with Gasteiger partial charge in [0.1, 0.15) is 9.88 Å². The molecular weight excluding hydrogens is 422 g/mol. The summed E-state index contributed by atoms with van der Waals surface area (Å²) in [4.78, 5) is 42.6. The predicted octanol–water partition coefficient (Wildman–Crippen LogP) is 2.98. The van der Waals surface area contributed by atoms with Crippen LogP contribution in [0.4, 0.5) is 0 Å². The van der Waals surface area contributed by atoms with Crippen LogP contribution >= 0.6 is 22.7 Å². The largest absolute Gasteiger partial charge is 0.290 e. The van der Waals surface area contributed by atoms with Crippen LogP contribution in [0.25, 0.3) is 21.3 Å². The summed E-state index contributed by atoms with van der Waals surface area (Å²) in [6.07, 6.45) is 0. The van der Waals surface area contributed by atoms with E-state index in [9.17, 15) is 14.4 Å². The zero-order valence-electron chi connectivity index (χ0n) is 16.1. The average Bonchev–Trinajstić information content (AvgIpc) is 3.42. The summed E-state index contributed by atoms with van der Waals surface area (Å²) in [5.74, 6) is -1.07. The number of hydrogen-bond acceptors (Lipinski definition) is 7. The lowest BCUT2D eigenvalue weighted by atomic mass is 10.1. The number of thiophene rings is 1. The lowest BCUT2D eigenvalue weighted by molar-refractivity contribution is 0.0845. The molecule has 1 aromatic carbocycles. The summed E-state index contributed by atoms with van der Waals surface area (Å²) >= 11 is 2.81. The van der Waals surface area contributed by atoms with Gasteiger partial charge in [0.05, 0.1) is 11.1 Å². The van der Waals surface area contributed by atoms with Crippen LogP contribution in [0.3, 0.4) is 0 Å². The maximum atomic E-state index is 12.7. The first-order valence-electron chi connectivity index (χ1n) is 9.10. The maximum absolute atomic E-state index is 12.7. The number of hydrazine groups is 1. The zero-order valence-corrected chi connectivity index (χ0v) is 17.8. The van der Waals surface area contributed by atoms with E-state index in [1.165, 1.54) is 16.0 Å². The highest BCUT2D eigenvalue weighted by atomic mass is 32.1. The number of nitrogens with zero attached hydrogens (tertiary/aromatic N) is 3. The SMILES string of the molecule is CCn1nc(C(=O)NNC(=O)c2sc(-c3ccsc3)nc2C)c2ccccc2c1=O. The number of rotatable bonds is 4. The lowest BCUT2D eigenvalue weighted by Crippen LogP contribution is -2.42. The Hall–Kier alpha value is -3.37. The van der Waals surface area contributed by atoms with Crippen LogP contribution in [0.5, 0.6) is 0 Å². The number of aryl methyl sites for hydroxylation is 2. The summed E-state index contributed by atoms with van der Waals surface area (Å²) in [6.45, 7) is 3.83. The topological polar surface area (TPSA) is 106 Å². The quantitative estimate of drug-likeness (QED) is 0.476. The van der Waals surface area contributed by atoms with Crippen molar-refractivity contribution in [3.8, 4) is 10.6 Å². The van der Waals surface area contributed by atoms with Gasteiger partial charge in [0.25, 0.3) is 17.4 Å². The highest BCUT2D eigenvalue weighted by molar-refractivity contribution is 7.17. The van der Waals surface area contributed by atoms with Crippen molar-refractivity contribution in [2.75, 3.05) is 0 Å². The van der Waals surface area contributed by atoms with Gasteiger partial charge in [-0.1, -0.05) is 18.2 Å². The molecule has 0 aliphatic carbocycles. The molecule has 152 valence electrons. The number of nitrogens with one attached hydrogen (secondary N) is 2. The molecule has 0 saturated heterocycles. The zero-order chi connectivity index (χ0) is 21.3. The smallest absolute Gasteiger partial charge is 0.267 e. The minimum Gasteiger partial charge on any atom is -0.267 e. The van der Waals surface area contributed by atoms with Gasteiger partial charge in [0.2, 0.25) is 0 Å². The number of aromatic nitrogens is 3. The Morgan fingerprint density at radius 3 is 2.53 bits per heavy atom. The van der Waals surface area contributed by atoms with Gasteiger partial charge in [-0.2, -0.15) is 16.4 Å². The third-order valence-electron chi connectivity index (χ3n) is 4.44. The van der Waals surface area contributed by atoms with E-state index in [1.807, 2.05) is 16.8 Å². The molecule has 0 radical (unpaired) electrons. The molecule has 3 aromatic heterocycles. The first kappa shape index (κ1) is 19.9. The van der Waals surface area contributed by atoms with E-state index in [1.54, 1.807) is 49.4 Å². The Balaban J connectivity index is 1.57. The normalized spacial score (nSPS) is 10.9. The molecule has 4 aromatic rings. The second-order valence-electron chi connectivity index (χ2n) is 6.37. The third kappa shape index (κ3) is 3.62. The number of amides is 2. The van der Waals surface area contributed by atoms with Gasteiger partial charge in [0.15, 0.2) is 5.69 Å². The van der Waals surface area contributed by atoms with Crippen molar-refractivity contribution >= 4 is 45.3 Å². The summed E-state index contributed by atoms with van der Waals surface area (Å²) < 4.78 is 1.22. The highest BCUT2D eigenvalue weighted by Gasteiger charge is 2.20. The fourth-order valence-electron chi connectivity index (χ4n) is 2.96. The van der Waals surface area contributed by atoms with Crippen molar-refractivity contribution in [1.29, 1.82) is 0 Å². The number of thiazole rings is 1. The van der Waals surface area contributed by atoms with Crippen LogP contribution in [0.15, 0.2) is 45.9 Å². The molecule has 3 heterocycles. The minimum atomic E-state index is -0.609. The maximum Gasteiger partial charge on any atom is 0.290 e. The van der Waals surface area contributed by atoms with E-state index >= 15 is 0 Å². The number of hydrogen-bond donors (Lipinski definition) is 2. The van der Waals surface area contributed by atoms with Crippen molar-refractivity contribution in [2.24, 2.45) is 0 Å². The molecule has 2 N–H and O–H groups in total. The second kappa shape index (κ2) is 8.17. The first-order chi connectivity index (χ1) is 14.5. The molecule has 2 amide bonds. The van der Waals surface area contributed by atoms with E-state index in [0.717, 1.165) is 10.6 Å². The van der Waals surface area contributed by atoms with Crippen molar-refractivity contribution in [1.82, 2.24) is 25.6 Å². The summed E-state index contributed by atoms with van der Waals surface area (Å²) in [7, 11) is 0. The Kier molecular flexibility index (Phi) is 5.42. The predicted molar refractivity (Wildman–Crippen MR) is 117 cm³/mol. The standard InChI is InChI=1S/C20H17N5O3S2/c1-3-25-20(28)14-7-5-4-6-13(14)15(24-25)17(26)22-23-18(27)16-11(2)21-19(30-16)12-8-9-29-10-12/h4-10H,3H2,1-2H3,(H,22,26)(H,23,27). The summed E-state index contributed by atoms with van der Waals surface area (Å²) in [5, 5.41) is 9.62. The van der Waals surface area contributed by atoms with Gasteiger partial charge in [-0.3, -0.25) is 25.2 Å². The van der Waals surface area contributed by atoms with Crippen molar-refractivity contribution in [2.45, 2.75) is 20.4 Å². The Bertz CT molecular complexity index is 1310. The van der Waals surface area contributed by atoms with E-state index < -0.39 is 11.8 Å². The van der Waals surface area contributed by atoms with Gasteiger partial charge in [-0.25, -0.2) is 9.67 Å². The summed E-state index contributed by atoms with van der Waals surface area (Å²) in [6, 6.07) is 8.69. The van der Waals surface area contributed by atoms with Gasteiger partial charge in [-0.05, 0) is 31.4 Å². The van der Waals surface area contributed by atoms with E-state index in [4.69, 9.17) is 0 Å². The van der Waals surface area contributed by atoms with Crippen LogP contribution in [0.2, 0.25) is 0 Å². The van der Waals surface area contributed by atoms with Gasteiger partial charge in [0, 0.05) is 22.9 Å². The summed E-state index contributed by atoms with van der Waals surface area (Å²) in [5.41, 5.74) is 6.14. The molecule has 0 spiro atoms. The molecule has 4 rings (SSSR count). The Labute approximate surface area is 179 Å². The van der Waals surface area contributed by atoms with E-state index in [0.29, 0.717) is 27.9 Å². The number of carbonyl (C=O) groups is 2. The van der Waals surface area contributed by atoms with Gasteiger partial charge >= 0.3 is 0 Å². The molecule has 0 atom stereocenters. The van der Waals surface area contributed by atoms with Crippen LogP contribution < -0.4 is 16.4 Å². The molecule has 0 saturated carbocycles. The van der Waals surface area contributed by atoms with Crippen molar-refractivity contribution < 1.29 is 9.59 Å². The molecule has 10 heteroatoms. The molecule has 0 unspecified atom stereocenters. The fourth-order valence-corrected chi connectivity index (χ4v) is 4.64. The van der Waals surface area contributed by atoms with Crippen LogP contribution in [0.1, 0.15) is 32.8 Å². The third-order valence-corrected chi connectivity index (χ3v) is 6.33. The molecular formula is C20H17N5O3S2. The van der Waals surface area contributed by atoms with Crippen LogP contribution in [-0.4, -0.2) is 26.6 Å². The molecule has 0 bridgehead atoms. The molecule has 0 aliphatic heterocycles. The van der Waals surface area contributed by atoms with Crippen LogP contribution in [-0.2, 0) is 6.54 Å². The average molecular weight is 440 g/mol. The Morgan fingerprint density at radius 1 is 1.10 bits per heavy atom. The van der Waals surface area contributed by atoms with Crippen molar-refractivity contribution in [3.63, 3.8) is 0 Å². The Morgan fingerprint density at radius 2 is 1.83 bits per heavy atom. The lowest BCUT2D eigenvalue weighted by Gasteiger charge is -2.10.